The minimum absolute atomic E-state index is 0.683. The van der Waals surface area contributed by atoms with Crippen molar-refractivity contribution < 1.29 is 0 Å². The van der Waals surface area contributed by atoms with Crippen LogP contribution in [0.2, 0.25) is 0 Å². The van der Waals surface area contributed by atoms with Crippen LogP contribution < -0.4 is 0 Å². The van der Waals surface area contributed by atoms with Crippen molar-refractivity contribution in [1.82, 2.24) is 19.9 Å². The second-order valence-electron chi connectivity index (χ2n) is 13.9. The van der Waals surface area contributed by atoms with E-state index in [9.17, 15) is 0 Å². The molecule has 4 heteroatoms. The Labute approximate surface area is 325 Å². The lowest BCUT2D eigenvalue weighted by molar-refractivity contribution is 1.23. The number of fused-ring (bicyclic) bond motifs is 2. The molecule has 10 rings (SSSR count). The third-order valence-electron chi connectivity index (χ3n) is 10.3. The summed E-state index contributed by atoms with van der Waals surface area (Å²) in [5.74, 6) is 1.37. The van der Waals surface area contributed by atoms with E-state index in [2.05, 4.69) is 170 Å². The van der Waals surface area contributed by atoms with Crippen LogP contribution in [-0.2, 0) is 0 Å². The van der Waals surface area contributed by atoms with Crippen LogP contribution in [0.5, 0.6) is 0 Å². The summed E-state index contributed by atoms with van der Waals surface area (Å²) in [4.78, 5) is 20.6. The first-order valence-corrected chi connectivity index (χ1v) is 18.8. The highest BCUT2D eigenvalue weighted by Gasteiger charge is 2.15. The zero-order valence-corrected chi connectivity index (χ0v) is 30.4. The maximum Gasteiger partial charge on any atom is 0.160 e. The van der Waals surface area contributed by atoms with Crippen molar-refractivity contribution >= 4 is 21.8 Å². The molecule has 0 aliphatic carbocycles. The van der Waals surface area contributed by atoms with E-state index in [1.807, 2.05) is 36.4 Å². The third kappa shape index (κ3) is 6.40. The summed E-state index contributed by atoms with van der Waals surface area (Å²) in [6, 6.07) is 71.6. The number of rotatable bonds is 7. The number of nitrogens with zero attached hydrogens (tertiary/aromatic N) is 4. The zero-order valence-electron chi connectivity index (χ0n) is 30.4. The van der Waals surface area contributed by atoms with E-state index in [-0.39, 0.29) is 0 Å². The quantitative estimate of drug-likeness (QED) is 0.165. The maximum absolute atomic E-state index is 5.23. The molecule has 10 aromatic rings. The largest absolute Gasteiger partial charge is 0.228 e. The number of benzene rings is 8. The van der Waals surface area contributed by atoms with Crippen LogP contribution in [0, 0.1) is 0 Å². The van der Waals surface area contributed by atoms with Gasteiger partial charge in [-0.25, -0.2) is 19.9 Å². The maximum atomic E-state index is 5.23. The molecular weight excluding hydrogens is 681 g/mol. The van der Waals surface area contributed by atoms with Gasteiger partial charge in [0, 0.05) is 33.0 Å². The van der Waals surface area contributed by atoms with Crippen molar-refractivity contribution in [2.24, 2.45) is 0 Å². The van der Waals surface area contributed by atoms with Gasteiger partial charge in [-0.3, -0.25) is 0 Å². The summed E-state index contributed by atoms with van der Waals surface area (Å²) >= 11 is 0. The van der Waals surface area contributed by atoms with Crippen LogP contribution in [0.4, 0.5) is 0 Å². The molecule has 4 nitrogen and oxygen atoms in total. The first-order valence-electron chi connectivity index (χ1n) is 18.8. The normalized spacial score (nSPS) is 11.2. The van der Waals surface area contributed by atoms with Gasteiger partial charge in [0.15, 0.2) is 11.6 Å². The van der Waals surface area contributed by atoms with E-state index in [0.29, 0.717) is 11.6 Å². The molecule has 8 aromatic carbocycles. The second-order valence-corrected chi connectivity index (χ2v) is 13.9. The Morgan fingerprint density at radius 1 is 0.214 bits per heavy atom. The molecule has 0 fully saturated rings. The summed E-state index contributed by atoms with van der Waals surface area (Å²) in [7, 11) is 0. The Morgan fingerprint density at radius 2 is 0.554 bits per heavy atom. The fourth-order valence-electron chi connectivity index (χ4n) is 7.46. The van der Waals surface area contributed by atoms with Gasteiger partial charge in [-0.2, -0.15) is 0 Å². The van der Waals surface area contributed by atoms with E-state index >= 15 is 0 Å². The fraction of sp³-hybridized carbons (Fsp3) is 0. The zero-order chi connectivity index (χ0) is 37.3. The standard InChI is InChI=1S/C52H34N4/c1-3-14-35(15-4-1)37-28-30-38(31-29-37)49-45-24-7-9-26-47(45)53-51(55-49)43-22-12-19-40(33-43)41-20-13-23-44(34-41)52-54-48-27-10-8-25-46(48)50(56-52)42-21-11-18-39(32-42)36-16-5-2-6-17-36/h1-34H. The summed E-state index contributed by atoms with van der Waals surface area (Å²) in [6.45, 7) is 0. The highest BCUT2D eigenvalue weighted by Crippen LogP contribution is 2.35. The number of para-hydroxylation sites is 2. The minimum atomic E-state index is 0.683. The van der Waals surface area contributed by atoms with Crippen molar-refractivity contribution in [3.8, 4) is 78.7 Å². The smallest absolute Gasteiger partial charge is 0.160 e. The molecule has 2 heterocycles. The summed E-state index contributed by atoms with van der Waals surface area (Å²) < 4.78 is 0. The minimum Gasteiger partial charge on any atom is -0.228 e. The van der Waals surface area contributed by atoms with Gasteiger partial charge in [-0.05, 0) is 63.7 Å². The highest BCUT2D eigenvalue weighted by atomic mass is 14.9. The molecule has 0 unspecified atom stereocenters. The molecular formula is C52H34N4. The van der Waals surface area contributed by atoms with E-state index in [1.165, 1.54) is 16.7 Å². The Hall–Kier alpha value is -7.56. The predicted octanol–water partition coefficient (Wildman–Crippen LogP) is 13.2. The van der Waals surface area contributed by atoms with E-state index in [1.54, 1.807) is 0 Å². The second kappa shape index (κ2) is 14.3. The van der Waals surface area contributed by atoms with Gasteiger partial charge in [0.1, 0.15) is 0 Å². The molecule has 0 aliphatic rings. The van der Waals surface area contributed by atoms with Crippen LogP contribution >= 0.6 is 0 Å². The molecule has 0 aliphatic heterocycles. The molecule has 2 aromatic heterocycles. The predicted molar refractivity (Wildman–Crippen MR) is 231 cm³/mol. The van der Waals surface area contributed by atoms with Crippen LogP contribution in [0.15, 0.2) is 206 Å². The van der Waals surface area contributed by atoms with Crippen molar-refractivity contribution in [1.29, 1.82) is 0 Å². The summed E-state index contributed by atoms with van der Waals surface area (Å²) in [5.41, 5.74) is 14.4. The molecule has 0 N–H and O–H groups in total. The molecule has 0 atom stereocenters. The number of hydrogen-bond donors (Lipinski definition) is 0. The molecule has 0 bridgehead atoms. The molecule has 0 saturated carbocycles. The van der Waals surface area contributed by atoms with Crippen LogP contribution in [0.3, 0.4) is 0 Å². The summed E-state index contributed by atoms with van der Waals surface area (Å²) in [6.07, 6.45) is 0. The van der Waals surface area contributed by atoms with Crippen LogP contribution in [0.25, 0.3) is 100 Å². The first-order chi connectivity index (χ1) is 27.7. The molecule has 0 radical (unpaired) electrons. The van der Waals surface area contributed by atoms with E-state index < -0.39 is 0 Å². The van der Waals surface area contributed by atoms with Gasteiger partial charge in [0.25, 0.3) is 0 Å². The average molecular weight is 715 g/mol. The third-order valence-corrected chi connectivity index (χ3v) is 10.3. The Kier molecular flexibility index (Phi) is 8.47. The average Bonchev–Trinajstić information content (AvgIpc) is 3.29. The van der Waals surface area contributed by atoms with Gasteiger partial charge in [0.2, 0.25) is 0 Å². The lowest BCUT2D eigenvalue weighted by atomic mass is 9.98. The van der Waals surface area contributed by atoms with E-state index in [0.717, 1.165) is 72.1 Å². The highest BCUT2D eigenvalue weighted by molar-refractivity contribution is 5.95. The van der Waals surface area contributed by atoms with Gasteiger partial charge >= 0.3 is 0 Å². The number of aromatic nitrogens is 4. The Morgan fingerprint density at radius 3 is 1.09 bits per heavy atom. The number of hydrogen-bond acceptors (Lipinski definition) is 4. The van der Waals surface area contributed by atoms with Crippen LogP contribution in [-0.4, -0.2) is 19.9 Å². The van der Waals surface area contributed by atoms with Gasteiger partial charge in [-0.15, -0.1) is 0 Å². The molecule has 0 spiro atoms. The first kappa shape index (κ1) is 33.0. The topological polar surface area (TPSA) is 51.6 Å². The van der Waals surface area contributed by atoms with Gasteiger partial charge in [0.05, 0.1) is 22.4 Å². The molecule has 0 amide bonds. The Balaban J connectivity index is 1.02. The molecule has 56 heavy (non-hydrogen) atoms. The van der Waals surface area contributed by atoms with Crippen molar-refractivity contribution in [3.05, 3.63) is 206 Å². The lowest BCUT2D eigenvalue weighted by Crippen LogP contribution is -1.96. The van der Waals surface area contributed by atoms with Crippen molar-refractivity contribution in [3.63, 3.8) is 0 Å². The summed E-state index contributed by atoms with van der Waals surface area (Å²) in [5, 5.41) is 2.04. The molecule has 262 valence electrons. The monoisotopic (exact) mass is 714 g/mol. The van der Waals surface area contributed by atoms with Crippen molar-refractivity contribution in [2.45, 2.75) is 0 Å². The van der Waals surface area contributed by atoms with Gasteiger partial charge < -0.3 is 0 Å². The van der Waals surface area contributed by atoms with Crippen LogP contribution in [0.1, 0.15) is 0 Å². The van der Waals surface area contributed by atoms with Gasteiger partial charge in [-0.1, -0.05) is 176 Å². The van der Waals surface area contributed by atoms with E-state index in [4.69, 9.17) is 19.9 Å². The molecule has 0 saturated heterocycles. The van der Waals surface area contributed by atoms with Crippen molar-refractivity contribution in [2.75, 3.05) is 0 Å². The Bertz CT molecular complexity index is 3010. The lowest BCUT2D eigenvalue weighted by Gasteiger charge is -2.12. The SMILES string of the molecule is c1ccc(-c2ccc(-c3nc(-c4cccc(-c5cccc(-c6nc(-c7cccc(-c8ccccc8)c7)c7ccccc7n6)c5)c4)nc4ccccc34)cc2)cc1. The fourth-order valence-corrected chi connectivity index (χ4v) is 7.46.